The van der Waals surface area contributed by atoms with Gasteiger partial charge in [-0.3, -0.25) is 4.79 Å². The van der Waals surface area contributed by atoms with Crippen molar-refractivity contribution in [3.63, 3.8) is 0 Å². The number of hydrogen-bond donors (Lipinski definition) is 2. The second-order valence-electron chi connectivity index (χ2n) is 4.93. The number of nitrogens with zero attached hydrogens (tertiary/aromatic N) is 4. The minimum atomic E-state index is -0.203. The standard InChI is InChI=1S/C16H15N5O3S/c1-24-14-5-3-2-4-13(14)21-16(18-19-20-21)25-10-15(23)17-11-6-8-12(22)9-7-11/h2-9,22H,10H2,1H3,(H,17,23). The maximum atomic E-state index is 12.1. The predicted molar refractivity (Wildman–Crippen MR) is 93.2 cm³/mol. The molecule has 1 aromatic heterocycles. The van der Waals surface area contributed by atoms with Crippen LogP contribution in [0.1, 0.15) is 0 Å². The number of rotatable bonds is 6. The van der Waals surface area contributed by atoms with Gasteiger partial charge in [0.2, 0.25) is 11.1 Å². The molecule has 1 amide bonds. The lowest BCUT2D eigenvalue weighted by Crippen LogP contribution is -2.14. The van der Waals surface area contributed by atoms with Crippen LogP contribution in [0.5, 0.6) is 11.5 Å². The fourth-order valence-corrected chi connectivity index (χ4v) is 2.78. The predicted octanol–water partition coefficient (Wildman–Crippen LogP) is 2.11. The summed E-state index contributed by atoms with van der Waals surface area (Å²) >= 11 is 1.21. The lowest BCUT2D eigenvalue weighted by atomic mass is 10.3. The molecule has 0 bridgehead atoms. The molecule has 0 unspecified atom stereocenters. The number of phenolic OH excluding ortho intramolecular Hbond substituents is 1. The van der Waals surface area contributed by atoms with Crippen LogP contribution in [0.25, 0.3) is 5.69 Å². The van der Waals surface area contributed by atoms with Crippen LogP contribution < -0.4 is 10.1 Å². The molecule has 0 aliphatic rings. The molecule has 0 saturated heterocycles. The van der Waals surface area contributed by atoms with E-state index in [1.807, 2.05) is 24.3 Å². The Labute approximate surface area is 147 Å². The van der Waals surface area contributed by atoms with E-state index in [-0.39, 0.29) is 17.4 Å². The molecule has 0 atom stereocenters. The molecule has 3 rings (SSSR count). The van der Waals surface area contributed by atoms with Gasteiger partial charge >= 0.3 is 0 Å². The van der Waals surface area contributed by atoms with Gasteiger partial charge in [-0.2, -0.15) is 4.68 Å². The summed E-state index contributed by atoms with van der Waals surface area (Å²) in [6.45, 7) is 0. The zero-order chi connectivity index (χ0) is 17.6. The molecule has 0 radical (unpaired) electrons. The van der Waals surface area contributed by atoms with Crippen molar-refractivity contribution in [3.05, 3.63) is 48.5 Å². The van der Waals surface area contributed by atoms with Crippen molar-refractivity contribution < 1.29 is 14.6 Å². The van der Waals surface area contributed by atoms with Gasteiger partial charge in [-0.25, -0.2) is 0 Å². The number of carbonyl (C=O) groups is 1. The highest BCUT2D eigenvalue weighted by molar-refractivity contribution is 7.99. The molecular weight excluding hydrogens is 342 g/mol. The summed E-state index contributed by atoms with van der Waals surface area (Å²) < 4.78 is 6.84. The van der Waals surface area contributed by atoms with Crippen LogP contribution in [-0.2, 0) is 4.79 Å². The number of carbonyl (C=O) groups excluding carboxylic acids is 1. The van der Waals surface area contributed by atoms with Gasteiger partial charge in [0, 0.05) is 5.69 Å². The first-order valence-electron chi connectivity index (χ1n) is 7.31. The summed E-state index contributed by atoms with van der Waals surface area (Å²) in [7, 11) is 1.57. The van der Waals surface area contributed by atoms with E-state index in [9.17, 15) is 9.90 Å². The van der Waals surface area contributed by atoms with Crippen molar-refractivity contribution in [2.75, 3.05) is 18.2 Å². The van der Waals surface area contributed by atoms with E-state index in [1.165, 1.54) is 28.6 Å². The van der Waals surface area contributed by atoms with E-state index < -0.39 is 0 Å². The maximum absolute atomic E-state index is 12.1. The molecule has 8 nitrogen and oxygen atoms in total. The van der Waals surface area contributed by atoms with Crippen molar-refractivity contribution in [1.29, 1.82) is 0 Å². The topological polar surface area (TPSA) is 102 Å². The smallest absolute Gasteiger partial charge is 0.234 e. The van der Waals surface area contributed by atoms with Crippen LogP contribution in [0.3, 0.4) is 0 Å². The zero-order valence-electron chi connectivity index (χ0n) is 13.3. The summed E-state index contributed by atoms with van der Waals surface area (Å²) in [4.78, 5) is 12.1. The van der Waals surface area contributed by atoms with E-state index in [0.29, 0.717) is 22.3 Å². The number of hydrogen-bond acceptors (Lipinski definition) is 7. The van der Waals surface area contributed by atoms with Crippen LogP contribution in [0.15, 0.2) is 53.7 Å². The Bertz CT molecular complexity index is 866. The number of nitrogens with one attached hydrogen (secondary N) is 1. The fraction of sp³-hybridized carbons (Fsp3) is 0.125. The number of amides is 1. The van der Waals surface area contributed by atoms with Gasteiger partial charge in [0.05, 0.1) is 12.9 Å². The number of aromatic hydroxyl groups is 1. The van der Waals surface area contributed by atoms with Crippen molar-refractivity contribution in [2.24, 2.45) is 0 Å². The Morgan fingerprint density at radius 1 is 1.24 bits per heavy atom. The third-order valence-electron chi connectivity index (χ3n) is 3.24. The Hall–Kier alpha value is -3.07. The van der Waals surface area contributed by atoms with E-state index in [0.717, 1.165) is 0 Å². The Morgan fingerprint density at radius 3 is 2.76 bits per heavy atom. The number of phenols is 1. The number of anilines is 1. The number of thioether (sulfide) groups is 1. The molecule has 0 saturated carbocycles. The van der Waals surface area contributed by atoms with Crippen molar-refractivity contribution in [2.45, 2.75) is 5.16 Å². The average molecular weight is 357 g/mol. The van der Waals surface area contributed by atoms with Crippen molar-refractivity contribution >= 4 is 23.4 Å². The van der Waals surface area contributed by atoms with Crippen molar-refractivity contribution in [1.82, 2.24) is 20.2 Å². The number of para-hydroxylation sites is 2. The molecule has 9 heteroatoms. The molecule has 0 fully saturated rings. The minimum absolute atomic E-state index is 0.135. The normalized spacial score (nSPS) is 10.4. The molecule has 0 spiro atoms. The number of tetrazole rings is 1. The monoisotopic (exact) mass is 357 g/mol. The van der Waals surface area contributed by atoms with Crippen LogP contribution in [0.2, 0.25) is 0 Å². The van der Waals surface area contributed by atoms with Gasteiger partial charge in [-0.15, -0.1) is 5.10 Å². The average Bonchev–Trinajstić information content (AvgIpc) is 3.10. The third-order valence-corrected chi connectivity index (χ3v) is 4.16. The van der Waals surface area contributed by atoms with Crippen molar-refractivity contribution in [3.8, 4) is 17.2 Å². The fourth-order valence-electron chi connectivity index (χ4n) is 2.10. The van der Waals surface area contributed by atoms with Gasteiger partial charge in [-0.1, -0.05) is 23.9 Å². The lowest BCUT2D eigenvalue weighted by Gasteiger charge is -2.09. The Balaban J connectivity index is 1.67. The quantitative estimate of drug-likeness (QED) is 0.514. The van der Waals surface area contributed by atoms with Gasteiger partial charge in [0.1, 0.15) is 17.2 Å². The number of ether oxygens (including phenoxy) is 1. The lowest BCUT2D eigenvalue weighted by molar-refractivity contribution is -0.113. The SMILES string of the molecule is COc1ccccc1-n1nnnc1SCC(=O)Nc1ccc(O)cc1. The summed E-state index contributed by atoms with van der Waals surface area (Å²) in [6, 6.07) is 13.6. The number of benzene rings is 2. The molecule has 2 N–H and O–H groups in total. The van der Waals surface area contributed by atoms with Gasteiger partial charge in [-0.05, 0) is 46.8 Å². The summed E-state index contributed by atoms with van der Waals surface area (Å²) in [5, 5.41) is 24.1. The van der Waals surface area contributed by atoms with Crippen LogP contribution in [0.4, 0.5) is 5.69 Å². The number of aromatic nitrogens is 4. The molecule has 25 heavy (non-hydrogen) atoms. The van der Waals surface area contributed by atoms with E-state index >= 15 is 0 Å². The van der Waals surface area contributed by atoms with E-state index in [1.54, 1.807) is 19.2 Å². The number of methoxy groups -OCH3 is 1. The molecule has 0 aliphatic carbocycles. The molecule has 0 aliphatic heterocycles. The first-order valence-corrected chi connectivity index (χ1v) is 8.29. The van der Waals surface area contributed by atoms with Gasteiger partial charge in [0.25, 0.3) is 0 Å². The Kier molecular flexibility index (Phi) is 5.14. The third kappa shape index (κ3) is 4.07. The summed E-state index contributed by atoms with van der Waals surface area (Å²) in [6.07, 6.45) is 0. The zero-order valence-corrected chi connectivity index (χ0v) is 14.1. The molecule has 3 aromatic rings. The molecule has 1 heterocycles. The first kappa shape index (κ1) is 16.8. The Morgan fingerprint density at radius 2 is 2.00 bits per heavy atom. The minimum Gasteiger partial charge on any atom is -0.508 e. The first-order chi connectivity index (χ1) is 12.2. The molecular formula is C16H15N5O3S. The highest BCUT2D eigenvalue weighted by Crippen LogP contribution is 2.25. The highest BCUT2D eigenvalue weighted by Gasteiger charge is 2.14. The van der Waals surface area contributed by atoms with Crippen LogP contribution in [-0.4, -0.2) is 44.1 Å². The second-order valence-corrected chi connectivity index (χ2v) is 5.87. The van der Waals surface area contributed by atoms with Gasteiger partial charge in [0.15, 0.2) is 0 Å². The van der Waals surface area contributed by atoms with Crippen LogP contribution in [0, 0.1) is 0 Å². The maximum Gasteiger partial charge on any atom is 0.234 e. The van der Waals surface area contributed by atoms with E-state index in [2.05, 4.69) is 20.8 Å². The van der Waals surface area contributed by atoms with Crippen LogP contribution >= 0.6 is 11.8 Å². The van der Waals surface area contributed by atoms with Gasteiger partial charge < -0.3 is 15.2 Å². The van der Waals surface area contributed by atoms with E-state index in [4.69, 9.17) is 4.74 Å². The highest BCUT2D eigenvalue weighted by atomic mass is 32.2. The summed E-state index contributed by atoms with van der Waals surface area (Å²) in [5.74, 6) is 0.704. The molecule has 2 aromatic carbocycles. The molecule has 128 valence electrons. The summed E-state index contributed by atoms with van der Waals surface area (Å²) in [5.41, 5.74) is 1.30. The largest absolute Gasteiger partial charge is 0.508 e. The second kappa shape index (κ2) is 7.67.